The Bertz CT molecular complexity index is 1690. The molecule has 0 radical (unpaired) electrons. The lowest BCUT2D eigenvalue weighted by Gasteiger charge is -2.30. The number of nitrogens with one attached hydrogen (secondary N) is 1. The molecule has 7 nitrogen and oxygen atoms in total. The highest BCUT2D eigenvalue weighted by Gasteiger charge is 2.24. The second-order valence-corrected chi connectivity index (χ2v) is 11.6. The van der Waals surface area contributed by atoms with Crippen LogP contribution in [0.4, 0.5) is 17.1 Å². The maximum Gasteiger partial charge on any atom is 0.262 e. The monoisotopic (exact) mass is 538 g/mol. The smallest absolute Gasteiger partial charge is 0.262 e. The molecule has 5 rings (SSSR count). The molecule has 0 saturated carbocycles. The normalized spacial score (nSPS) is 13.0. The molecule has 0 spiro atoms. The molecule has 0 fully saturated rings. The fourth-order valence-corrected chi connectivity index (χ4v) is 6.42. The van der Waals surface area contributed by atoms with Crippen molar-refractivity contribution >= 4 is 43.8 Å². The van der Waals surface area contributed by atoms with E-state index in [2.05, 4.69) is 10.8 Å². The first-order valence-corrected chi connectivity index (χ1v) is 14.4. The van der Waals surface area contributed by atoms with Gasteiger partial charge in [0.1, 0.15) is 0 Å². The molecule has 198 valence electrons. The topological polar surface area (TPSA) is 93.5 Å². The van der Waals surface area contributed by atoms with E-state index in [1.807, 2.05) is 67.5 Å². The van der Waals surface area contributed by atoms with Crippen molar-refractivity contribution in [1.29, 1.82) is 5.26 Å². The van der Waals surface area contributed by atoms with Gasteiger partial charge in [-0.3, -0.25) is 9.52 Å². The first kappa shape index (κ1) is 26.3. The van der Waals surface area contributed by atoms with Gasteiger partial charge in [-0.25, -0.2) is 8.42 Å². The van der Waals surface area contributed by atoms with Crippen LogP contribution in [0, 0.1) is 11.3 Å². The molecule has 0 unspecified atom stereocenters. The number of rotatable bonds is 7. The maximum absolute atomic E-state index is 13.5. The molecule has 1 aliphatic rings. The molecule has 0 saturated heterocycles. The molecule has 0 aliphatic carbocycles. The van der Waals surface area contributed by atoms with E-state index in [0.717, 1.165) is 40.7 Å². The van der Waals surface area contributed by atoms with Gasteiger partial charge in [-0.1, -0.05) is 36.4 Å². The van der Waals surface area contributed by atoms with Crippen LogP contribution in [-0.4, -0.2) is 35.0 Å². The van der Waals surface area contributed by atoms with E-state index >= 15 is 0 Å². The molecular weight excluding hydrogens is 508 g/mol. The van der Waals surface area contributed by atoms with Crippen LogP contribution in [0.25, 0.3) is 10.8 Å². The third-order valence-electron chi connectivity index (χ3n) is 7.09. The van der Waals surface area contributed by atoms with Gasteiger partial charge in [0.05, 0.1) is 16.5 Å². The standard InChI is InChI=1S/C31H30N4O3S/c1-34(2)29-9-3-8-27-26(29)7-4-10-30(27)39(37,38)33-25-16-17-28-24(20-25)6-5-19-35(28)31(36)18-15-22-11-13-23(21-32)14-12-22/h3-4,7-14,16-17,20,33H,5-6,15,18-19H2,1-2H3. The van der Waals surface area contributed by atoms with E-state index in [4.69, 9.17) is 5.26 Å². The molecule has 0 atom stereocenters. The first-order valence-electron chi connectivity index (χ1n) is 12.9. The Morgan fingerprint density at radius 1 is 1.00 bits per heavy atom. The fraction of sp³-hybridized carbons (Fsp3) is 0.226. The average Bonchev–Trinajstić information content (AvgIpc) is 2.94. The highest BCUT2D eigenvalue weighted by atomic mass is 32.2. The number of sulfonamides is 1. The number of carbonyl (C=O) groups excluding carboxylic acids is 1. The molecule has 4 aromatic carbocycles. The molecule has 1 heterocycles. The summed E-state index contributed by atoms with van der Waals surface area (Å²) in [5, 5.41) is 10.5. The molecule has 1 N–H and O–H groups in total. The predicted molar refractivity (Wildman–Crippen MR) is 156 cm³/mol. The molecular formula is C31H30N4O3S. The van der Waals surface area contributed by atoms with Crippen molar-refractivity contribution in [2.45, 2.75) is 30.6 Å². The van der Waals surface area contributed by atoms with E-state index in [-0.39, 0.29) is 10.8 Å². The zero-order valence-electron chi connectivity index (χ0n) is 22.0. The van der Waals surface area contributed by atoms with E-state index in [0.29, 0.717) is 36.0 Å². The van der Waals surface area contributed by atoms with Gasteiger partial charge < -0.3 is 9.80 Å². The van der Waals surface area contributed by atoms with E-state index in [9.17, 15) is 13.2 Å². The summed E-state index contributed by atoms with van der Waals surface area (Å²) in [4.78, 5) is 17.1. The Morgan fingerprint density at radius 3 is 2.49 bits per heavy atom. The van der Waals surface area contributed by atoms with Gasteiger partial charge in [0.25, 0.3) is 10.0 Å². The average molecular weight is 539 g/mol. The number of benzene rings is 4. The summed E-state index contributed by atoms with van der Waals surface area (Å²) in [5.41, 5.74) is 4.80. The summed E-state index contributed by atoms with van der Waals surface area (Å²) in [6, 6.07) is 25.7. The Labute approximate surface area is 229 Å². The number of nitrogens with zero attached hydrogens (tertiary/aromatic N) is 3. The number of aryl methyl sites for hydroxylation is 2. The van der Waals surface area contributed by atoms with Crippen molar-refractivity contribution < 1.29 is 13.2 Å². The lowest BCUT2D eigenvalue weighted by Crippen LogP contribution is -2.35. The van der Waals surface area contributed by atoms with E-state index < -0.39 is 10.0 Å². The largest absolute Gasteiger partial charge is 0.377 e. The van der Waals surface area contributed by atoms with Crippen molar-refractivity contribution in [1.82, 2.24) is 0 Å². The summed E-state index contributed by atoms with van der Waals surface area (Å²) in [7, 11) is 0.0135. The quantitative estimate of drug-likeness (QED) is 0.336. The Hall–Kier alpha value is -4.35. The van der Waals surface area contributed by atoms with Crippen LogP contribution < -0.4 is 14.5 Å². The maximum atomic E-state index is 13.5. The molecule has 0 aromatic heterocycles. The molecule has 1 aliphatic heterocycles. The first-order chi connectivity index (χ1) is 18.8. The van der Waals surface area contributed by atoms with Crippen molar-refractivity contribution in [3.8, 4) is 6.07 Å². The summed E-state index contributed by atoms with van der Waals surface area (Å²) in [6.07, 6.45) is 2.53. The summed E-state index contributed by atoms with van der Waals surface area (Å²) < 4.78 is 29.7. The van der Waals surface area contributed by atoms with Gasteiger partial charge >= 0.3 is 0 Å². The van der Waals surface area contributed by atoms with Crippen LogP contribution in [0.2, 0.25) is 0 Å². The SMILES string of the molecule is CN(C)c1cccc2c(S(=O)(=O)Nc3ccc4c(c3)CCCN4C(=O)CCc3ccc(C#N)cc3)cccc12. The van der Waals surface area contributed by atoms with Gasteiger partial charge in [-0.15, -0.1) is 0 Å². The van der Waals surface area contributed by atoms with Crippen molar-refractivity contribution in [3.05, 3.63) is 95.6 Å². The minimum Gasteiger partial charge on any atom is -0.377 e. The highest BCUT2D eigenvalue weighted by molar-refractivity contribution is 7.93. The number of hydrogen-bond acceptors (Lipinski definition) is 5. The van der Waals surface area contributed by atoms with Crippen LogP contribution in [0.3, 0.4) is 0 Å². The third kappa shape index (κ3) is 5.45. The van der Waals surface area contributed by atoms with Crippen LogP contribution in [0.1, 0.15) is 29.5 Å². The Balaban J connectivity index is 1.35. The van der Waals surface area contributed by atoms with E-state index in [1.165, 1.54) is 0 Å². The summed E-state index contributed by atoms with van der Waals surface area (Å²) >= 11 is 0. The number of anilines is 3. The predicted octanol–water partition coefficient (Wildman–Crippen LogP) is 5.49. The second-order valence-electron chi connectivity index (χ2n) is 9.93. The van der Waals surface area contributed by atoms with Crippen molar-refractivity contribution in [2.75, 3.05) is 35.2 Å². The summed E-state index contributed by atoms with van der Waals surface area (Å²) in [6.45, 7) is 0.633. The molecule has 0 bridgehead atoms. The van der Waals surface area contributed by atoms with Gasteiger partial charge in [0.2, 0.25) is 5.91 Å². The molecule has 39 heavy (non-hydrogen) atoms. The zero-order valence-corrected chi connectivity index (χ0v) is 22.8. The van der Waals surface area contributed by atoms with Crippen LogP contribution in [0.5, 0.6) is 0 Å². The Morgan fingerprint density at radius 2 is 1.74 bits per heavy atom. The molecule has 1 amide bonds. The van der Waals surface area contributed by atoms with Crippen molar-refractivity contribution in [3.63, 3.8) is 0 Å². The lowest BCUT2D eigenvalue weighted by atomic mass is 10.00. The lowest BCUT2D eigenvalue weighted by molar-refractivity contribution is -0.118. The van der Waals surface area contributed by atoms with Crippen LogP contribution in [0.15, 0.2) is 83.8 Å². The van der Waals surface area contributed by atoms with Crippen LogP contribution in [-0.2, 0) is 27.7 Å². The zero-order chi connectivity index (χ0) is 27.6. The highest BCUT2D eigenvalue weighted by Crippen LogP contribution is 2.33. The number of hydrogen-bond donors (Lipinski definition) is 1. The van der Waals surface area contributed by atoms with Gasteiger partial charge in [0.15, 0.2) is 0 Å². The van der Waals surface area contributed by atoms with Gasteiger partial charge in [-0.2, -0.15) is 5.26 Å². The molecule has 4 aromatic rings. The number of carbonyl (C=O) groups is 1. The minimum absolute atomic E-state index is 0.0288. The van der Waals surface area contributed by atoms with Crippen molar-refractivity contribution in [2.24, 2.45) is 0 Å². The number of fused-ring (bicyclic) bond motifs is 2. The minimum atomic E-state index is -3.85. The summed E-state index contributed by atoms with van der Waals surface area (Å²) in [5.74, 6) is 0.0288. The van der Waals surface area contributed by atoms with Gasteiger partial charge in [0, 0.05) is 54.9 Å². The van der Waals surface area contributed by atoms with E-state index in [1.54, 1.807) is 35.2 Å². The van der Waals surface area contributed by atoms with Crippen LogP contribution >= 0.6 is 0 Å². The fourth-order valence-electron chi connectivity index (χ4n) is 5.15. The van der Waals surface area contributed by atoms with Gasteiger partial charge in [-0.05, 0) is 72.9 Å². The number of amides is 1. The number of nitriles is 1. The third-order valence-corrected chi connectivity index (χ3v) is 8.53. The molecule has 8 heteroatoms. The second kappa shape index (κ2) is 10.8. The Kier molecular flexibility index (Phi) is 7.27.